The van der Waals surface area contributed by atoms with Crippen LogP contribution in [0.3, 0.4) is 0 Å². The molecule has 31 heavy (non-hydrogen) atoms. The van der Waals surface area contributed by atoms with E-state index in [1.54, 1.807) is 19.2 Å². The van der Waals surface area contributed by atoms with Gasteiger partial charge < -0.3 is 9.64 Å². The topological polar surface area (TPSA) is 114 Å². The van der Waals surface area contributed by atoms with Crippen LogP contribution in [0.1, 0.15) is 0 Å². The Morgan fingerprint density at radius 1 is 1.06 bits per heavy atom. The summed E-state index contributed by atoms with van der Waals surface area (Å²) < 4.78 is 19.4. The molecular formula is C20H19FN6O4. The molecule has 3 rings (SSSR count). The van der Waals surface area contributed by atoms with Crippen LogP contribution in [0.15, 0.2) is 54.9 Å². The molecule has 0 saturated heterocycles. The lowest BCUT2D eigenvalue weighted by Gasteiger charge is -2.19. The van der Waals surface area contributed by atoms with Gasteiger partial charge in [-0.15, -0.1) is 0 Å². The maximum absolute atomic E-state index is 14.0. The second-order valence-electron chi connectivity index (χ2n) is 6.62. The first-order chi connectivity index (χ1) is 14.7. The quantitative estimate of drug-likeness (QED) is 0.467. The lowest BCUT2D eigenvalue weighted by Crippen LogP contribution is -2.31. The van der Waals surface area contributed by atoms with Crippen LogP contribution in [-0.2, 0) is 0 Å². The van der Waals surface area contributed by atoms with Gasteiger partial charge in [0.05, 0.1) is 11.0 Å². The van der Waals surface area contributed by atoms with Gasteiger partial charge in [0, 0.05) is 44.7 Å². The minimum Gasteiger partial charge on any atom is -0.436 e. The molecule has 1 aromatic heterocycles. The van der Waals surface area contributed by atoms with Crippen molar-refractivity contribution in [1.29, 1.82) is 0 Å². The normalized spacial score (nSPS) is 10.3. The fourth-order valence-electron chi connectivity index (χ4n) is 2.55. The van der Waals surface area contributed by atoms with Crippen molar-refractivity contribution >= 4 is 28.9 Å². The molecule has 0 bridgehead atoms. The minimum absolute atomic E-state index is 0.0453. The molecule has 0 radical (unpaired) electrons. The van der Waals surface area contributed by atoms with Crippen molar-refractivity contribution in [2.45, 2.75) is 0 Å². The van der Waals surface area contributed by atoms with E-state index in [2.05, 4.69) is 15.3 Å². The van der Waals surface area contributed by atoms with Gasteiger partial charge >= 0.3 is 6.03 Å². The van der Waals surface area contributed by atoms with E-state index in [0.717, 1.165) is 30.2 Å². The molecule has 1 heterocycles. The van der Waals surface area contributed by atoms with Gasteiger partial charge in [-0.25, -0.2) is 19.2 Å². The zero-order chi connectivity index (χ0) is 22.5. The number of aromatic nitrogens is 2. The number of nitrogens with one attached hydrogen (secondary N) is 1. The Morgan fingerprint density at radius 2 is 1.74 bits per heavy atom. The second-order valence-corrected chi connectivity index (χ2v) is 6.62. The number of carbonyl (C=O) groups is 1. The number of amides is 2. The summed E-state index contributed by atoms with van der Waals surface area (Å²) in [5.74, 6) is -1.08. The van der Waals surface area contributed by atoms with Gasteiger partial charge in [0.2, 0.25) is 5.88 Å². The Bertz CT molecular complexity index is 1110. The number of nitro groups is 1. The predicted molar refractivity (Wildman–Crippen MR) is 113 cm³/mol. The summed E-state index contributed by atoms with van der Waals surface area (Å²) in [6.07, 6.45) is 1.14. The highest BCUT2D eigenvalue weighted by Gasteiger charge is 2.15. The highest BCUT2D eigenvalue weighted by Crippen LogP contribution is 2.27. The molecule has 11 heteroatoms. The third-order valence-electron chi connectivity index (χ3n) is 4.28. The van der Waals surface area contributed by atoms with Crippen molar-refractivity contribution < 1.29 is 18.8 Å². The minimum atomic E-state index is -0.917. The lowest BCUT2D eigenvalue weighted by atomic mass is 10.2. The van der Waals surface area contributed by atoms with Crippen LogP contribution in [0.2, 0.25) is 0 Å². The van der Waals surface area contributed by atoms with Crippen LogP contribution in [0, 0.1) is 15.9 Å². The van der Waals surface area contributed by atoms with Crippen LogP contribution in [0.4, 0.5) is 32.1 Å². The number of ether oxygens (including phenoxy) is 1. The number of nitro benzene ring substituents is 1. The Hall–Kier alpha value is -4.28. The molecule has 160 valence electrons. The van der Waals surface area contributed by atoms with E-state index in [-0.39, 0.29) is 17.4 Å². The summed E-state index contributed by atoms with van der Waals surface area (Å²) in [5.41, 5.74) is 1.26. The zero-order valence-corrected chi connectivity index (χ0v) is 16.9. The fourth-order valence-corrected chi connectivity index (χ4v) is 2.55. The van der Waals surface area contributed by atoms with E-state index in [4.69, 9.17) is 4.74 Å². The molecule has 0 spiro atoms. The first kappa shape index (κ1) is 21.4. The monoisotopic (exact) mass is 426 g/mol. The maximum atomic E-state index is 14.0. The van der Waals surface area contributed by atoms with Crippen LogP contribution in [0.5, 0.6) is 11.6 Å². The summed E-state index contributed by atoms with van der Waals surface area (Å²) in [6.45, 7) is 0. The first-order valence-electron chi connectivity index (χ1n) is 9.00. The summed E-state index contributed by atoms with van der Waals surface area (Å²) in [5, 5.41) is 13.3. The van der Waals surface area contributed by atoms with Gasteiger partial charge in [-0.1, -0.05) is 0 Å². The summed E-state index contributed by atoms with van der Waals surface area (Å²) in [6, 6.07) is 11.2. The van der Waals surface area contributed by atoms with Crippen molar-refractivity contribution in [3.63, 3.8) is 0 Å². The molecule has 2 aromatic carbocycles. The average molecular weight is 426 g/mol. The SMILES string of the molecule is CN(C)c1ccc(N(C)C(=O)Nc2cc(Oc3ccc([N+](=O)[O-])cc3F)ncn2)cc1. The molecule has 0 unspecified atom stereocenters. The van der Waals surface area contributed by atoms with E-state index in [1.165, 1.54) is 11.0 Å². The van der Waals surface area contributed by atoms with E-state index in [1.807, 2.05) is 31.1 Å². The van der Waals surface area contributed by atoms with Crippen LogP contribution < -0.4 is 19.9 Å². The van der Waals surface area contributed by atoms with Crippen LogP contribution in [0.25, 0.3) is 0 Å². The number of nitrogens with zero attached hydrogens (tertiary/aromatic N) is 5. The Kier molecular flexibility index (Phi) is 6.24. The zero-order valence-electron chi connectivity index (χ0n) is 16.9. The van der Waals surface area contributed by atoms with Gasteiger partial charge in [0.25, 0.3) is 5.69 Å². The molecule has 10 nitrogen and oxygen atoms in total. The number of benzene rings is 2. The van der Waals surface area contributed by atoms with Gasteiger partial charge in [-0.05, 0) is 30.3 Å². The lowest BCUT2D eigenvalue weighted by molar-refractivity contribution is -0.385. The van der Waals surface area contributed by atoms with Crippen molar-refractivity contribution in [1.82, 2.24) is 9.97 Å². The highest BCUT2D eigenvalue weighted by molar-refractivity contribution is 6.00. The van der Waals surface area contributed by atoms with Gasteiger partial charge in [-0.2, -0.15) is 0 Å². The highest BCUT2D eigenvalue weighted by atomic mass is 19.1. The van der Waals surface area contributed by atoms with E-state index in [9.17, 15) is 19.3 Å². The number of urea groups is 1. The first-order valence-corrected chi connectivity index (χ1v) is 9.00. The molecule has 0 fully saturated rings. The van der Waals surface area contributed by atoms with Gasteiger partial charge in [0.1, 0.15) is 12.1 Å². The predicted octanol–water partition coefficient (Wildman–Crippen LogP) is 4.05. The molecular weight excluding hydrogens is 407 g/mol. The third kappa shape index (κ3) is 5.21. The Morgan fingerprint density at radius 3 is 2.35 bits per heavy atom. The molecule has 0 aliphatic carbocycles. The summed E-state index contributed by atoms with van der Waals surface area (Å²) in [4.78, 5) is 33.7. The number of hydrogen-bond acceptors (Lipinski definition) is 7. The molecule has 3 aromatic rings. The number of carbonyl (C=O) groups excluding carboxylic acids is 1. The summed E-state index contributed by atoms with van der Waals surface area (Å²) >= 11 is 0. The van der Waals surface area contributed by atoms with Crippen LogP contribution in [-0.4, -0.2) is 42.1 Å². The van der Waals surface area contributed by atoms with Crippen molar-refractivity contribution in [3.8, 4) is 11.6 Å². The molecule has 0 aliphatic rings. The van der Waals surface area contributed by atoms with Crippen LogP contribution >= 0.6 is 0 Å². The number of halogens is 1. The summed E-state index contributed by atoms with van der Waals surface area (Å²) in [7, 11) is 5.44. The molecule has 0 saturated carbocycles. The Labute approximate surface area is 177 Å². The third-order valence-corrected chi connectivity index (χ3v) is 4.28. The van der Waals surface area contributed by atoms with Crippen molar-refractivity contribution in [2.75, 3.05) is 36.3 Å². The smallest absolute Gasteiger partial charge is 0.327 e. The second kappa shape index (κ2) is 9.03. The fraction of sp³-hybridized carbons (Fsp3) is 0.150. The average Bonchev–Trinajstić information content (AvgIpc) is 2.74. The van der Waals surface area contributed by atoms with Crippen molar-refractivity contribution in [2.24, 2.45) is 0 Å². The van der Waals surface area contributed by atoms with E-state index in [0.29, 0.717) is 5.69 Å². The maximum Gasteiger partial charge on any atom is 0.327 e. The molecule has 0 atom stereocenters. The molecule has 1 N–H and O–H groups in total. The van der Waals surface area contributed by atoms with Gasteiger partial charge in [0.15, 0.2) is 11.6 Å². The molecule has 0 aliphatic heterocycles. The number of rotatable bonds is 6. The number of anilines is 3. The largest absolute Gasteiger partial charge is 0.436 e. The van der Waals surface area contributed by atoms with E-state index < -0.39 is 22.5 Å². The standard InChI is InChI=1S/C20H19FN6O4/c1-25(2)13-4-6-14(7-5-13)26(3)20(28)24-18-11-19(23-12-22-18)31-17-9-8-15(27(29)30)10-16(17)21/h4-12H,1-3H3,(H,22,23,24,28). The van der Waals surface area contributed by atoms with E-state index >= 15 is 0 Å². The van der Waals surface area contributed by atoms with Gasteiger partial charge in [-0.3, -0.25) is 20.3 Å². The Balaban J connectivity index is 1.70. The number of hydrogen-bond donors (Lipinski definition) is 1. The van der Waals surface area contributed by atoms with Crippen molar-refractivity contribution in [3.05, 3.63) is 70.8 Å². The molecule has 2 amide bonds. The number of non-ortho nitro benzene ring substituents is 1.